The van der Waals surface area contributed by atoms with Crippen LogP contribution < -0.4 is 16.5 Å². The maximum absolute atomic E-state index is 12.4. The van der Waals surface area contributed by atoms with Gasteiger partial charge in [0.1, 0.15) is 5.82 Å². The molecule has 0 saturated heterocycles. The van der Waals surface area contributed by atoms with Crippen molar-refractivity contribution in [3.05, 3.63) is 45.6 Å². The fourth-order valence-electron chi connectivity index (χ4n) is 2.29. The molecule has 6 nitrogen and oxygen atoms in total. The second-order valence-corrected chi connectivity index (χ2v) is 4.83. The zero-order chi connectivity index (χ0) is 15.4. The van der Waals surface area contributed by atoms with Crippen molar-refractivity contribution < 1.29 is 0 Å². The number of nitrogens with one attached hydrogen (secondary N) is 2. The van der Waals surface area contributed by atoms with Crippen molar-refractivity contribution >= 4 is 5.95 Å². The van der Waals surface area contributed by atoms with Crippen LogP contribution in [0.3, 0.4) is 0 Å². The molecule has 1 aromatic carbocycles. The monoisotopic (exact) mass is 287 g/mol. The van der Waals surface area contributed by atoms with Gasteiger partial charge in [0.15, 0.2) is 0 Å². The number of nitrogens with zero attached hydrogens (tertiary/aromatic N) is 3. The van der Waals surface area contributed by atoms with Crippen molar-refractivity contribution in [1.29, 1.82) is 0 Å². The zero-order valence-electron chi connectivity index (χ0n) is 12.9. The zero-order valence-corrected chi connectivity index (χ0v) is 12.9. The Bertz CT molecular complexity index is 673. The molecule has 1 heterocycles. The highest BCUT2D eigenvalue weighted by Crippen LogP contribution is 2.18. The molecule has 2 aromatic rings. The van der Waals surface area contributed by atoms with Crippen molar-refractivity contribution in [2.24, 2.45) is 0 Å². The molecule has 0 saturated carbocycles. The molecule has 0 aliphatic heterocycles. The second kappa shape index (κ2) is 6.49. The largest absolute Gasteiger partial charge is 0.356 e. The first kappa shape index (κ1) is 15.2. The van der Waals surface area contributed by atoms with Crippen LogP contribution in [-0.4, -0.2) is 21.1 Å². The summed E-state index contributed by atoms with van der Waals surface area (Å²) in [5.41, 5.74) is 8.34. The minimum Gasteiger partial charge on any atom is -0.289 e. The van der Waals surface area contributed by atoms with Gasteiger partial charge in [-0.15, -0.1) is 0 Å². The van der Waals surface area contributed by atoms with Crippen LogP contribution in [0.1, 0.15) is 30.8 Å². The van der Waals surface area contributed by atoms with Crippen LogP contribution in [0.4, 0.5) is 5.95 Å². The van der Waals surface area contributed by atoms with Crippen LogP contribution in [0.25, 0.3) is 5.69 Å². The molecule has 0 unspecified atom stereocenters. The van der Waals surface area contributed by atoms with Gasteiger partial charge in [-0.1, -0.05) is 32.0 Å². The summed E-state index contributed by atoms with van der Waals surface area (Å²) >= 11 is 0. The summed E-state index contributed by atoms with van der Waals surface area (Å²) in [4.78, 5) is 20.9. The van der Waals surface area contributed by atoms with E-state index in [9.17, 15) is 4.79 Å². The quantitative estimate of drug-likeness (QED) is 0.820. The predicted molar refractivity (Wildman–Crippen MR) is 83.8 cm³/mol. The molecule has 0 aliphatic carbocycles. The molecule has 0 aliphatic rings. The molecule has 2 rings (SSSR count). The lowest BCUT2D eigenvalue weighted by atomic mass is 10.1. The van der Waals surface area contributed by atoms with E-state index in [0.29, 0.717) is 24.7 Å². The normalized spacial score (nSPS) is 10.7. The lowest BCUT2D eigenvalue weighted by molar-refractivity contribution is 0.742. The van der Waals surface area contributed by atoms with Crippen LogP contribution in [0, 0.1) is 13.8 Å². The Morgan fingerprint density at radius 3 is 2.38 bits per heavy atom. The number of anilines is 1. The molecule has 21 heavy (non-hydrogen) atoms. The maximum atomic E-state index is 12.4. The first-order valence-electron chi connectivity index (χ1n) is 7.13. The van der Waals surface area contributed by atoms with E-state index >= 15 is 0 Å². The standard InChI is InChI=1S/C15H21N5O/c1-5-12-17-14(19-16-6-2)18-15(21)20(12)13-10(3)8-7-9-11(13)4/h7-9,16H,5-6H2,1-4H3,(H,18,19,21). The molecule has 0 amide bonds. The van der Waals surface area contributed by atoms with E-state index in [4.69, 9.17) is 0 Å². The van der Waals surface area contributed by atoms with Gasteiger partial charge in [0.25, 0.3) is 0 Å². The van der Waals surface area contributed by atoms with Gasteiger partial charge in [0, 0.05) is 13.0 Å². The summed E-state index contributed by atoms with van der Waals surface area (Å²) in [7, 11) is 0. The van der Waals surface area contributed by atoms with E-state index < -0.39 is 0 Å². The predicted octanol–water partition coefficient (Wildman–Crippen LogP) is 1.74. The van der Waals surface area contributed by atoms with Crippen LogP contribution >= 0.6 is 0 Å². The number of aromatic nitrogens is 3. The molecule has 0 spiro atoms. The molecule has 2 N–H and O–H groups in total. The van der Waals surface area contributed by atoms with E-state index in [1.165, 1.54) is 0 Å². The first-order valence-corrected chi connectivity index (χ1v) is 7.13. The average molecular weight is 287 g/mol. The molecule has 6 heteroatoms. The molecule has 0 radical (unpaired) electrons. The molecule has 0 atom stereocenters. The Balaban J connectivity index is 2.61. The van der Waals surface area contributed by atoms with E-state index in [0.717, 1.165) is 16.8 Å². The van der Waals surface area contributed by atoms with Gasteiger partial charge in [-0.2, -0.15) is 9.97 Å². The lowest BCUT2D eigenvalue weighted by Gasteiger charge is -2.16. The number of rotatable bonds is 5. The highest BCUT2D eigenvalue weighted by Gasteiger charge is 2.14. The molecular weight excluding hydrogens is 266 g/mol. The van der Waals surface area contributed by atoms with Gasteiger partial charge in [0.2, 0.25) is 5.95 Å². The average Bonchev–Trinajstić information content (AvgIpc) is 2.46. The maximum Gasteiger partial charge on any atom is 0.356 e. The topological polar surface area (TPSA) is 71.8 Å². The number of para-hydroxylation sites is 1. The summed E-state index contributed by atoms with van der Waals surface area (Å²) in [6.45, 7) is 8.61. The van der Waals surface area contributed by atoms with Gasteiger partial charge < -0.3 is 0 Å². The fourth-order valence-corrected chi connectivity index (χ4v) is 2.29. The molecule has 0 fully saturated rings. The second-order valence-electron chi connectivity index (χ2n) is 4.83. The number of benzene rings is 1. The molecule has 112 valence electrons. The molecule has 0 bridgehead atoms. The van der Waals surface area contributed by atoms with Crippen molar-refractivity contribution in [3.8, 4) is 5.69 Å². The summed E-state index contributed by atoms with van der Waals surface area (Å²) in [5.74, 6) is 0.994. The highest BCUT2D eigenvalue weighted by molar-refractivity contribution is 5.47. The number of hydrogen-bond acceptors (Lipinski definition) is 5. The van der Waals surface area contributed by atoms with Gasteiger partial charge >= 0.3 is 5.69 Å². The molecular formula is C15H21N5O. The first-order chi connectivity index (χ1) is 10.1. The highest BCUT2D eigenvalue weighted by atomic mass is 16.1. The summed E-state index contributed by atoms with van der Waals surface area (Å²) in [6.07, 6.45) is 0.645. The number of hydrogen-bond donors (Lipinski definition) is 2. The van der Waals surface area contributed by atoms with Crippen molar-refractivity contribution in [3.63, 3.8) is 0 Å². The van der Waals surface area contributed by atoms with E-state index in [2.05, 4.69) is 20.8 Å². The summed E-state index contributed by atoms with van der Waals surface area (Å²) in [6, 6.07) is 5.95. The summed E-state index contributed by atoms with van der Waals surface area (Å²) in [5, 5.41) is 0. The summed E-state index contributed by atoms with van der Waals surface area (Å²) < 4.78 is 1.60. The van der Waals surface area contributed by atoms with E-state index in [-0.39, 0.29) is 5.69 Å². The SMILES string of the molecule is CCNNc1nc(CC)n(-c2c(C)cccc2C)c(=O)n1. The fraction of sp³-hybridized carbons (Fsp3) is 0.400. The van der Waals surface area contributed by atoms with Gasteiger partial charge in [-0.3, -0.25) is 5.43 Å². The Hall–Kier alpha value is -2.21. The van der Waals surface area contributed by atoms with E-state index in [1.807, 2.05) is 45.9 Å². The molecule has 1 aromatic heterocycles. The van der Waals surface area contributed by atoms with Crippen molar-refractivity contribution in [2.75, 3.05) is 12.0 Å². The number of hydrazine groups is 1. The van der Waals surface area contributed by atoms with Gasteiger partial charge in [0.05, 0.1) is 5.69 Å². The van der Waals surface area contributed by atoms with Crippen LogP contribution in [0.5, 0.6) is 0 Å². The Kier molecular flexibility index (Phi) is 4.70. The van der Waals surface area contributed by atoms with Crippen molar-refractivity contribution in [2.45, 2.75) is 34.1 Å². The Morgan fingerprint density at radius 2 is 1.81 bits per heavy atom. The lowest BCUT2D eigenvalue weighted by Crippen LogP contribution is -2.31. The Morgan fingerprint density at radius 1 is 1.14 bits per heavy atom. The van der Waals surface area contributed by atoms with Crippen LogP contribution in [0.15, 0.2) is 23.0 Å². The van der Waals surface area contributed by atoms with Crippen molar-refractivity contribution in [1.82, 2.24) is 20.0 Å². The third kappa shape index (κ3) is 3.11. The Labute approximate surface area is 124 Å². The van der Waals surface area contributed by atoms with Crippen LogP contribution in [-0.2, 0) is 6.42 Å². The third-order valence-electron chi connectivity index (χ3n) is 3.24. The number of aryl methyl sites for hydroxylation is 3. The smallest absolute Gasteiger partial charge is 0.289 e. The minimum atomic E-state index is -0.320. The van der Waals surface area contributed by atoms with Gasteiger partial charge in [-0.05, 0) is 25.0 Å². The van der Waals surface area contributed by atoms with E-state index in [1.54, 1.807) is 4.57 Å². The van der Waals surface area contributed by atoms with Gasteiger partial charge in [-0.25, -0.2) is 14.8 Å². The van der Waals surface area contributed by atoms with Crippen LogP contribution in [0.2, 0.25) is 0 Å². The third-order valence-corrected chi connectivity index (χ3v) is 3.24. The minimum absolute atomic E-state index is 0.307.